The number of hydrogen-bond donors (Lipinski definition) is 3. The lowest BCUT2D eigenvalue weighted by Crippen LogP contribution is -2.25. The Kier molecular flexibility index (Phi) is 9.23. The Balaban J connectivity index is 1.41. The van der Waals surface area contributed by atoms with Gasteiger partial charge in [-0.2, -0.15) is 12.6 Å². The zero-order valence-corrected chi connectivity index (χ0v) is 22.4. The van der Waals surface area contributed by atoms with Crippen LogP contribution < -0.4 is 24.8 Å². The standard InChI is InChI=1S/C28H30FN3O6S/c1-36-24-14-19-21(15-25(24)37-12-4-2-3-10-31-26(34)16-39)30-11-7-22(19)38-23-6-5-18(13-20(23)29)32-27(35)28(17-33)8-9-28/h5-7,11,13-15,17,39H,2-4,8-10,12,16H2,1H3,(H,31,34)(H,32,35). The maximum atomic E-state index is 14.9. The molecule has 0 atom stereocenters. The van der Waals surface area contributed by atoms with Crippen LogP contribution in [0.3, 0.4) is 0 Å². The van der Waals surface area contributed by atoms with Gasteiger partial charge in [-0.3, -0.25) is 14.6 Å². The van der Waals surface area contributed by atoms with E-state index in [1.807, 2.05) is 0 Å². The lowest BCUT2D eigenvalue weighted by Gasteiger charge is -2.15. The van der Waals surface area contributed by atoms with E-state index in [0.29, 0.717) is 60.4 Å². The van der Waals surface area contributed by atoms with E-state index < -0.39 is 17.1 Å². The summed E-state index contributed by atoms with van der Waals surface area (Å²) in [6.45, 7) is 1.06. The maximum absolute atomic E-state index is 14.9. The van der Waals surface area contributed by atoms with Crippen LogP contribution in [0.15, 0.2) is 42.6 Å². The van der Waals surface area contributed by atoms with Crippen LogP contribution in [-0.2, 0) is 14.4 Å². The number of halogens is 1. The molecular formula is C28H30FN3O6S. The van der Waals surface area contributed by atoms with Crippen molar-refractivity contribution in [2.75, 3.05) is 31.3 Å². The van der Waals surface area contributed by atoms with Crippen LogP contribution in [0.2, 0.25) is 0 Å². The Labute approximate surface area is 230 Å². The highest BCUT2D eigenvalue weighted by Gasteiger charge is 2.50. The molecule has 0 radical (unpaired) electrons. The van der Waals surface area contributed by atoms with Gasteiger partial charge in [0.1, 0.15) is 17.5 Å². The van der Waals surface area contributed by atoms with Crippen molar-refractivity contribution in [1.82, 2.24) is 10.3 Å². The average Bonchev–Trinajstić information content (AvgIpc) is 3.75. The summed E-state index contributed by atoms with van der Waals surface area (Å²) in [5.41, 5.74) is -0.178. The third-order valence-electron chi connectivity index (χ3n) is 6.41. The first-order chi connectivity index (χ1) is 18.9. The Morgan fingerprint density at radius 3 is 2.59 bits per heavy atom. The van der Waals surface area contributed by atoms with Gasteiger partial charge >= 0.3 is 0 Å². The van der Waals surface area contributed by atoms with Gasteiger partial charge in [-0.05, 0) is 56.4 Å². The number of anilines is 1. The van der Waals surface area contributed by atoms with Gasteiger partial charge in [0, 0.05) is 35.9 Å². The number of aldehydes is 1. The van der Waals surface area contributed by atoms with Crippen LogP contribution in [0.5, 0.6) is 23.0 Å². The Bertz CT molecular complexity index is 1360. The number of unbranched alkanes of at least 4 members (excludes halogenated alkanes) is 2. The second-order valence-electron chi connectivity index (χ2n) is 9.22. The van der Waals surface area contributed by atoms with Crippen LogP contribution in [0, 0.1) is 11.2 Å². The number of hydrogen-bond acceptors (Lipinski definition) is 8. The van der Waals surface area contributed by atoms with Gasteiger partial charge in [-0.1, -0.05) is 0 Å². The summed E-state index contributed by atoms with van der Waals surface area (Å²) in [5, 5.41) is 5.97. The smallest absolute Gasteiger partial charge is 0.237 e. The first kappa shape index (κ1) is 28.2. The zero-order valence-electron chi connectivity index (χ0n) is 21.5. The molecule has 1 aliphatic rings. The van der Waals surface area contributed by atoms with E-state index in [2.05, 4.69) is 28.2 Å². The Morgan fingerprint density at radius 1 is 1.08 bits per heavy atom. The number of thiol groups is 1. The molecule has 0 saturated heterocycles. The molecule has 1 fully saturated rings. The fourth-order valence-electron chi connectivity index (χ4n) is 3.93. The van der Waals surface area contributed by atoms with E-state index in [-0.39, 0.29) is 23.1 Å². The maximum Gasteiger partial charge on any atom is 0.237 e. The molecule has 0 unspecified atom stereocenters. The van der Waals surface area contributed by atoms with Gasteiger partial charge in [-0.25, -0.2) is 4.39 Å². The summed E-state index contributed by atoms with van der Waals surface area (Å²) in [7, 11) is 1.53. The molecule has 1 heterocycles. The summed E-state index contributed by atoms with van der Waals surface area (Å²) < 4.78 is 32.2. The normalized spacial score (nSPS) is 13.4. The van der Waals surface area contributed by atoms with Gasteiger partial charge in [0.15, 0.2) is 23.1 Å². The van der Waals surface area contributed by atoms with Crippen molar-refractivity contribution in [3.8, 4) is 23.0 Å². The minimum Gasteiger partial charge on any atom is -0.493 e. The first-order valence-corrected chi connectivity index (χ1v) is 13.2. The van der Waals surface area contributed by atoms with Crippen LogP contribution in [0.1, 0.15) is 32.1 Å². The van der Waals surface area contributed by atoms with Crippen molar-refractivity contribution in [1.29, 1.82) is 0 Å². The quantitative estimate of drug-likeness (QED) is 0.114. The van der Waals surface area contributed by atoms with Crippen molar-refractivity contribution in [2.24, 2.45) is 5.41 Å². The van der Waals surface area contributed by atoms with Gasteiger partial charge < -0.3 is 29.6 Å². The molecular weight excluding hydrogens is 525 g/mol. The number of nitrogens with one attached hydrogen (secondary N) is 2. The number of carbonyl (C=O) groups is 3. The van der Waals surface area contributed by atoms with Gasteiger partial charge in [0.25, 0.3) is 0 Å². The second-order valence-corrected chi connectivity index (χ2v) is 9.54. The molecule has 2 amide bonds. The largest absolute Gasteiger partial charge is 0.493 e. The minimum absolute atomic E-state index is 0.0399. The molecule has 2 N–H and O–H groups in total. The minimum atomic E-state index is -0.992. The summed E-state index contributed by atoms with van der Waals surface area (Å²) >= 11 is 3.93. The molecule has 39 heavy (non-hydrogen) atoms. The highest BCUT2D eigenvalue weighted by Crippen LogP contribution is 2.44. The van der Waals surface area contributed by atoms with Crippen molar-refractivity contribution in [3.05, 3.63) is 48.4 Å². The molecule has 2 aromatic carbocycles. The zero-order chi connectivity index (χ0) is 27.8. The van der Waals surface area contributed by atoms with E-state index in [1.54, 1.807) is 24.4 Å². The molecule has 1 saturated carbocycles. The van der Waals surface area contributed by atoms with E-state index in [4.69, 9.17) is 14.2 Å². The number of benzene rings is 2. The molecule has 4 rings (SSSR count). The molecule has 0 aliphatic heterocycles. The molecule has 0 spiro atoms. The van der Waals surface area contributed by atoms with Crippen LogP contribution in [0.25, 0.3) is 10.9 Å². The number of nitrogens with zero attached hydrogens (tertiary/aromatic N) is 1. The van der Waals surface area contributed by atoms with Crippen LogP contribution >= 0.6 is 12.6 Å². The predicted molar refractivity (Wildman–Crippen MR) is 147 cm³/mol. The van der Waals surface area contributed by atoms with Crippen molar-refractivity contribution >= 4 is 47.3 Å². The van der Waals surface area contributed by atoms with E-state index in [1.165, 1.54) is 19.2 Å². The van der Waals surface area contributed by atoms with Crippen LogP contribution in [-0.4, -0.2) is 49.1 Å². The predicted octanol–water partition coefficient (Wildman–Crippen LogP) is 4.69. The molecule has 9 nitrogen and oxygen atoms in total. The topological polar surface area (TPSA) is 116 Å². The van der Waals surface area contributed by atoms with E-state index in [9.17, 15) is 18.8 Å². The number of fused-ring (bicyclic) bond motifs is 1. The third-order valence-corrected chi connectivity index (χ3v) is 6.69. The Morgan fingerprint density at radius 2 is 1.90 bits per heavy atom. The van der Waals surface area contributed by atoms with Crippen molar-refractivity contribution < 1.29 is 33.0 Å². The molecule has 206 valence electrons. The van der Waals surface area contributed by atoms with Gasteiger partial charge in [0.05, 0.1) is 25.0 Å². The lowest BCUT2D eigenvalue weighted by molar-refractivity contribution is -0.126. The number of pyridine rings is 1. The number of ether oxygens (including phenoxy) is 3. The summed E-state index contributed by atoms with van der Waals surface area (Å²) in [6, 6.07) is 9.16. The molecule has 0 bridgehead atoms. The van der Waals surface area contributed by atoms with Gasteiger partial charge in [0.2, 0.25) is 11.8 Å². The summed E-state index contributed by atoms with van der Waals surface area (Å²) in [5.74, 6) is 0.299. The number of methoxy groups -OCH3 is 1. The molecule has 11 heteroatoms. The molecule has 3 aromatic rings. The van der Waals surface area contributed by atoms with Gasteiger partial charge in [-0.15, -0.1) is 0 Å². The van der Waals surface area contributed by atoms with E-state index >= 15 is 0 Å². The van der Waals surface area contributed by atoms with Crippen LogP contribution in [0.4, 0.5) is 10.1 Å². The molecule has 1 aliphatic carbocycles. The highest BCUT2D eigenvalue weighted by molar-refractivity contribution is 7.81. The number of aromatic nitrogens is 1. The van der Waals surface area contributed by atoms with Crippen molar-refractivity contribution in [3.63, 3.8) is 0 Å². The van der Waals surface area contributed by atoms with E-state index in [0.717, 1.165) is 25.3 Å². The fourth-order valence-corrected chi connectivity index (χ4v) is 4.04. The fraction of sp³-hybridized carbons (Fsp3) is 0.357. The number of amides is 2. The monoisotopic (exact) mass is 555 g/mol. The average molecular weight is 556 g/mol. The Hall–Kier alpha value is -3.86. The number of carbonyl (C=O) groups excluding carboxylic acids is 3. The summed E-state index contributed by atoms with van der Waals surface area (Å²) in [4.78, 5) is 39.0. The number of rotatable bonds is 14. The summed E-state index contributed by atoms with van der Waals surface area (Å²) in [6.07, 6.45) is 5.69. The SMILES string of the molecule is COc1cc2c(Oc3ccc(NC(=O)C4(C=O)CC4)cc3F)ccnc2cc1OCCCCCNC(=O)CS. The third kappa shape index (κ3) is 6.97. The van der Waals surface area contributed by atoms with Crippen molar-refractivity contribution in [2.45, 2.75) is 32.1 Å². The highest BCUT2D eigenvalue weighted by atomic mass is 32.1. The lowest BCUT2D eigenvalue weighted by atomic mass is 10.1. The first-order valence-electron chi connectivity index (χ1n) is 12.6. The molecule has 1 aromatic heterocycles. The second kappa shape index (κ2) is 12.8.